The molecule has 0 aliphatic rings. The average molecular weight is 393 g/mol. The Bertz CT molecular complexity index is 843. The van der Waals surface area contributed by atoms with Gasteiger partial charge in [0.1, 0.15) is 6.04 Å². The molecule has 0 spiro atoms. The normalized spacial score (nSPS) is 12.7. The third-order valence-corrected chi connectivity index (χ3v) is 4.69. The van der Waals surface area contributed by atoms with Crippen LogP contribution in [0.4, 0.5) is 9.93 Å². The number of rotatable bonds is 7. The Hall–Kier alpha value is -2.52. The molecule has 2 aromatic rings. The highest BCUT2D eigenvalue weighted by atomic mass is 32.1. The summed E-state index contributed by atoms with van der Waals surface area (Å²) in [6, 6.07) is 8.86. The second-order valence-electron chi connectivity index (χ2n) is 6.20. The first-order valence-electron chi connectivity index (χ1n) is 7.85. The number of aromatic amines is 1. The third kappa shape index (κ3) is 5.78. The van der Waals surface area contributed by atoms with E-state index in [1.165, 1.54) is 0 Å². The number of carbonyl (C=O) groups is 2. The maximum atomic E-state index is 12.6. The first kappa shape index (κ1) is 19.8. The third-order valence-electron chi connectivity index (χ3n) is 3.69. The fourth-order valence-corrected chi connectivity index (χ4v) is 3.18. The van der Waals surface area contributed by atoms with Gasteiger partial charge in [0.2, 0.25) is 11.0 Å². The van der Waals surface area contributed by atoms with Gasteiger partial charge in [0.15, 0.2) is 3.95 Å². The molecule has 0 saturated heterocycles. The molecule has 0 aliphatic heterocycles. The minimum atomic E-state index is -1.27. The Labute approximate surface area is 160 Å². The predicted octanol–water partition coefficient (Wildman–Crippen LogP) is 3.60. The number of nitrogens with zero attached hydrogens (tertiary/aromatic N) is 1. The maximum absolute atomic E-state index is 12.6. The average Bonchev–Trinajstić information content (AvgIpc) is 2.98. The second-order valence-corrected chi connectivity index (χ2v) is 7.87. The number of hydrogen-bond acceptors (Lipinski definition) is 5. The maximum Gasteiger partial charge on any atom is 0.405 e. The zero-order valence-corrected chi connectivity index (χ0v) is 16.0. The summed E-state index contributed by atoms with van der Waals surface area (Å²) in [5.74, 6) is -0.500. The number of H-pyrrole nitrogens is 1. The number of nitrogens with one attached hydrogen (secondary N) is 3. The van der Waals surface area contributed by atoms with Crippen LogP contribution in [0.3, 0.4) is 0 Å². The lowest BCUT2D eigenvalue weighted by Crippen LogP contribution is -2.51. The summed E-state index contributed by atoms with van der Waals surface area (Å²) in [5, 5.41) is 20.7. The molecule has 2 amide bonds. The summed E-state index contributed by atoms with van der Waals surface area (Å²) in [6.45, 7) is 3.59. The van der Waals surface area contributed by atoms with Crippen LogP contribution >= 0.6 is 23.6 Å². The Morgan fingerprint density at radius 3 is 2.65 bits per heavy atom. The minimum Gasteiger partial charge on any atom is -0.465 e. The van der Waals surface area contributed by atoms with E-state index in [1.54, 1.807) is 13.8 Å². The number of carboxylic acid groups (broad SMARTS) is 1. The van der Waals surface area contributed by atoms with E-state index >= 15 is 0 Å². The van der Waals surface area contributed by atoms with Crippen LogP contribution in [0.15, 0.2) is 42.5 Å². The van der Waals surface area contributed by atoms with Crippen LogP contribution in [0.1, 0.15) is 19.4 Å². The number of anilines is 1. The van der Waals surface area contributed by atoms with E-state index in [0.29, 0.717) is 15.5 Å². The van der Waals surface area contributed by atoms with Crippen molar-refractivity contribution in [3.05, 3.63) is 52.0 Å². The van der Waals surface area contributed by atoms with E-state index in [0.717, 1.165) is 16.9 Å². The van der Waals surface area contributed by atoms with Crippen LogP contribution < -0.4 is 10.6 Å². The molecule has 0 radical (unpaired) electrons. The van der Waals surface area contributed by atoms with Gasteiger partial charge in [-0.05, 0) is 24.2 Å². The standard InChI is InChI=1S/C17H20N4O3S2/c1-17(2,10-6-9-11-7-4-3-5-8-11)12(18-15(23)24)13(22)19-14-20-21-16(25)26-14/h3-8,10,12,18H,9H2,1-2H3,(H,21,25)(H,23,24)(H,19,20,22)/b10-6+. The fourth-order valence-electron chi connectivity index (χ4n) is 2.38. The zero-order valence-electron chi connectivity index (χ0n) is 14.4. The lowest BCUT2D eigenvalue weighted by atomic mass is 9.83. The van der Waals surface area contributed by atoms with E-state index in [9.17, 15) is 9.59 Å². The van der Waals surface area contributed by atoms with Crippen LogP contribution in [0, 0.1) is 9.37 Å². The van der Waals surface area contributed by atoms with Crippen molar-refractivity contribution in [1.29, 1.82) is 0 Å². The molecule has 0 aliphatic carbocycles. The highest BCUT2D eigenvalue weighted by Crippen LogP contribution is 2.25. The predicted molar refractivity (Wildman–Crippen MR) is 104 cm³/mol. The smallest absolute Gasteiger partial charge is 0.405 e. The van der Waals surface area contributed by atoms with Crippen molar-refractivity contribution in [3.63, 3.8) is 0 Å². The molecule has 1 aromatic carbocycles. The lowest BCUT2D eigenvalue weighted by Gasteiger charge is -2.30. The van der Waals surface area contributed by atoms with Crippen LogP contribution in [0.5, 0.6) is 0 Å². The summed E-state index contributed by atoms with van der Waals surface area (Å²) in [5.41, 5.74) is 0.373. The van der Waals surface area contributed by atoms with E-state index < -0.39 is 23.5 Å². The first-order chi connectivity index (χ1) is 12.3. The van der Waals surface area contributed by atoms with Crippen molar-refractivity contribution in [2.45, 2.75) is 26.3 Å². The number of benzene rings is 1. The van der Waals surface area contributed by atoms with Crippen molar-refractivity contribution >= 4 is 40.7 Å². The summed E-state index contributed by atoms with van der Waals surface area (Å²) in [4.78, 5) is 23.7. The van der Waals surface area contributed by atoms with E-state index in [4.69, 9.17) is 17.3 Å². The molecular weight excluding hydrogens is 372 g/mol. The Balaban J connectivity index is 2.13. The van der Waals surface area contributed by atoms with Gasteiger partial charge in [-0.3, -0.25) is 15.2 Å². The molecule has 1 heterocycles. The van der Waals surface area contributed by atoms with E-state index in [-0.39, 0.29) is 0 Å². The molecule has 1 aromatic heterocycles. The van der Waals surface area contributed by atoms with Gasteiger partial charge in [-0.15, -0.1) is 5.10 Å². The van der Waals surface area contributed by atoms with Gasteiger partial charge in [0, 0.05) is 5.41 Å². The molecule has 26 heavy (non-hydrogen) atoms. The molecule has 0 saturated carbocycles. The first-order valence-corrected chi connectivity index (χ1v) is 9.08. The van der Waals surface area contributed by atoms with Crippen LogP contribution in [-0.4, -0.2) is 33.3 Å². The van der Waals surface area contributed by atoms with Crippen LogP contribution in [0.2, 0.25) is 0 Å². The van der Waals surface area contributed by atoms with Gasteiger partial charge in [-0.2, -0.15) is 0 Å². The van der Waals surface area contributed by atoms with Gasteiger partial charge in [0.05, 0.1) is 0 Å². The lowest BCUT2D eigenvalue weighted by molar-refractivity contribution is -0.119. The second kappa shape index (κ2) is 8.72. The molecular formula is C17H20N4O3S2. The highest BCUT2D eigenvalue weighted by molar-refractivity contribution is 7.73. The fraction of sp³-hybridized carbons (Fsp3) is 0.294. The molecule has 7 nitrogen and oxygen atoms in total. The van der Waals surface area contributed by atoms with Gasteiger partial charge in [-0.1, -0.05) is 67.7 Å². The number of carbonyl (C=O) groups excluding carboxylic acids is 1. The summed E-state index contributed by atoms with van der Waals surface area (Å²) < 4.78 is 0.421. The molecule has 1 unspecified atom stereocenters. The largest absolute Gasteiger partial charge is 0.465 e. The topological polar surface area (TPSA) is 107 Å². The van der Waals surface area contributed by atoms with Crippen LogP contribution in [-0.2, 0) is 11.2 Å². The Kier molecular flexibility index (Phi) is 6.64. The van der Waals surface area contributed by atoms with Crippen molar-refractivity contribution in [2.24, 2.45) is 5.41 Å². The van der Waals surface area contributed by atoms with E-state index in [2.05, 4.69) is 20.8 Å². The summed E-state index contributed by atoms with van der Waals surface area (Å²) >= 11 is 6.03. The number of hydrogen-bond donors (Lipinski definition) is 4. The van der Waals surface area contributed by atoms with Crippen molar-refractivity contribution in [1.82, 2.24) is 15.5 Å². The molecule has 9 heteroatoms. The number of amides is 2. The van der Waals surface area contributed by atoms with E-state index in [1.807, 2.05) is 42.5 Å². The molecule has 138 valence electrons. The SMILES string of the molecule is CC(C)(/C=C/Cc1ccccc1)C(NC(=O)O)C(=O)Nc1n[nH]c(=S)s1. The van der Waals surface area contributed by atoms with Crippen molar-refractivity contribution in [2.75, 3.05) is 5.32 Å². The molecule has 2 rings (SSSR count). The summed E-state index contributed by atoms with van der Waals surface area (Å²) in [6.07, 6.45) is 3.18. The zero-order chi connectivity index (χ0) is 19.2. The van der Waals surface area contributed by atoms with Crippen molar-refractivity contribution in [3.8, 4) is 0 Å². The highest BCUT2D eigenvalue weighted by Gasteiger charge is 2.35. The monoisotopic (exact) mass is 392 g/mol. The van der Waals surface area contributed by atoms with Crippen LogP contribution in [0.25, 0.3) is 0 Å². The number of allylic oxidation sites excluding steroid dienone is 1. The van der Waals surface area contributed by atoms with Gasteiger partial charge >= 0.3 is 6.09 Å². The van der Waals surface area contributed by atoms with Crippen molar-refractivity contribution < 1.29 is 14.7 Å². The molecule has 1 atom stereocenters. The van der Waals surface area contributed by atoms with Gasteiger partial charge in [-0.25, -0.2) is 4.79 Å². The number of aromatic nitrogens is 2. The van der Waals surface area contributed by atoms with Gasteiger partial charge < -0.3 is 10.4 Å². The molecule has 0 fully saturated rings. The molecule has 0 bridgehead atoms. The Morgan fingerprint density at radius 2 is 2.08 bits per heavy atom. The van der Waals surface area contributed by atoms with Gasteiger partial charge in [0.25, 0.3) is 0 Å². The quantitative estimate of drug-likeness (QED) is 0.425. The summed E-state index contributed by atoms with van der Waals surface area (Å²) in [7, 11) is 0. The Morgan fingerprint density at radius 1 is 1.38 bits per heavy atom. The minimum absolute atomic E-state index is 0.293. The molecule has 4 N–H and O–H groups in total.